The SMILES string of the molecule is CCCCOc1ccc(NC(=O)C2(OC)CCCC2)cc1C(=O)OC. The number of ether oxygens (including phenoxy) is 3. The van der Waals surface area contributed by atoms with Crippen molar-refractivity contribution in [2.75, 3.05) is 26.1 Å². The monoisotopic (exact) mass is 349 g/mol. The molecular weight excluding hydrogens is 322 g/mol. The van der Waals surface area contributed by atoms with Gasteiger partial charge in [0.05, 0.1) is 13.7 Å². The number of rotatable bonds is 8. The van der Waals surface area contributed by atoms with E-state index < -0.39 is 11.6 Å². The van der Waals surface area contributed by atoms with Gasteiger partial charge in [0.2, 0.25) is 0 Å². The van der Waals surface area contributed by atoms with E-state index in [2.05, 4.69) is 12.2 Å². The van der Waals surface area contributed by atoms with Crippen LogP contribution in [0.2, 0.25) is 0 Å². The second-order valence-electron chi connectivity index (χ2n) is 6.26. The van der Waals surface area contributed by atoms with Crippen LogP contribution in [-0.4, -0.2) is 38.3 Å². The summed E-state index contributed by atoms with van der Waals surface area (Å²) in [7, 11) is 2.89. The fourth-order valence-corrected chi connectivity index (χ4v) is 3.04. The van der Waals surface area contributed by atoms with Crippen molar-refractivity contribution in [3.8, 4) is 5.75 Å². The Morgan fingerprint density at radius 3 is 2.52 bits per heavy atom. The summed E-state index contributed by atoms with van der Waals surface area (Å²) >= 11 is 0. The summed E-state index contributed by atoms with van der Waals surface area (Å²) in [5.74, 6) is -0.214. The number of amides is 1. The fourth-order valence-electron chi connectivity index (χ4n) is 3.04. The maximum Gasteiger partial charge on any atom is 0.341 e. The number of hydrogen-bond donors (Lipinski definition) is 1. The minimum atomic E-state index is -0.776. The van der Waals surface area contributed by atoms with Gasteiger partial charge in [0, 0.05) is 12.8 Å². The molecule has 0 spiro atoms. The number of benzene rings is 1. The molecule has 6 nitrogen and oxygen atoms in total. The third-order valence-electron chi connectivity index (χ3n) is 4.61. The summed E-state index contributed by atoms with van der Waals surface area (Å²) in [5.41, 5.74) is 0.0488. The maximum atomic E-state index is 12.6. The second-order valence-corrected chi connectivity index (χ2v) is 6.26. The summed E-state index contributed by atoms with van der Waals surface area (Å²) in [6, 6.07) is 5.00. The summed E-state index contributed by atoms with van der Waals surface area (Å²) in [4.78, 5) is 24.7. The third kappa shape index (κ3) is 4.51. The van der Waals surface area contributed by atoms with E-state index in [4.69, 9.17) is 14.2 Å². The van der Waals surface area contributed by atoms with E-state index in [-0.39, 0.29) is 5.91 Å². The first kappa shape index (κ1) is 19.2. The van der Waals surface area contributed by atoms with Crippen LogP contribution in [0.15, 0.2) is 18.2 Å². The molecule has 6 heteroatoms. The van der Waals surface area contributed by atoms with Gasteiger partial charge in [-0.15, -0.1) is 0 Å². The Morgan fingerprint density at radius 2 is 1.92 bits per heavy atom. The van der Waals surface area contributed by atoms with Crippen molar-refractivity contribution in [1.29, 1.82) is 0 Å². The molecule has 138 valence electrons. The van der Waals surface area contributed by atoms with Gasteiger partial charge in [-0.1, -0.05) is 13.3 Å². The molecule has 0 unspecified atom stereocenters. The lowest BCUT2D eigenvalue weighted by molar-refractivity contribution is -0.137. The summed E-state index contributed by atoms with van der Waals surface area (Å²) in [6.07, 6.45) is 5.25. The van der Waals surface area contributed by atoms with Crippen LogP contribution in [0, 0.1) is 0 Å². The highest BCUT2D eigenvalue weighted by Gasteiger charge is 2.41. The van der Waals surface area contributed by atoms with Crippen LogP contribution in [0.25, 0.3) is 0 Å². The molecule has 1 aliphatic rings. The highest BCUT2D eigenvalue weighted by molar-refractivity contribution is 5.99. The molecule has 1 aromatic rings. The highest BCUT2D eigenvalue weighted by atomic mass is 16.5. The van der Waals surface area contributed by atoms with Crippen molar-refractivity contribution < 1.29 is 23.8 Å². The van der Waals surface area contributed by atoms with Crippen molar-refractivity contribution in [3.63, 3.8) is 0 Å². The zero-order valence-corrected chi connectivity index (χ0v) is 15.2. The molecule has 1 aliphatic carbocycles. The Bertz CT molecular complexity index is 608. The first-order valence-corrected chi connectivity index (χ1v) is 8.78. The van der Waals surface area contributed by atoms with Crippen LogP contribution in [0.5, 0.6) is 5.75 Å². The van der Waals surface area contributed by atoms with E-state index in [1.54, 1.807) is 25.3 Å². The van der Waals surface area contributed by atoms with Crippen molar-refractivity contribution in [3.05, 3.63) is 23.8 Å². The van der Waals surface area contributed by atoms with Crippen molar-refractivity contribution in [2.24, 2.45) is 0 Å². The summed E-state index contributed by atoms with van der Waals surface area (Å²) in [5, 5.41) is 2.86. The van der Waals surface area contributed by atoms with E-state index in [1.807, 2.05) is 0 Å². The number of hydrogen-bond acceptors (Lipinski definition) is 5. The average molecular weight is 349 g/mol. The number of esters is 1. The summed E-state index contributed by atoms with van der Waals surface area (Å²) < 4.78 is 16.0. The summed E-state index contributed by atoms with van der Waals surface area (Å²) in [6.45, 7) is 2.59. The van der Waals surface area contributed by atoms with E-state index in [0.29, 0.717) is 36.4 Å². The first-order valence-electron chi connectivity index (χ1n) is 8.78. The van der Waals surface area contributed by atoms with Crippen LogP contribution < -0.4 is 10.1 Å². The molecule has 0 radical (unpaired) electrons. The normalized spacial score (nSPS) is 15.6. The van der Waals surface area contributed by atoms with E-state index >= 15 is 0 Å². The molecule has 0 aliphatic heterocycles. The zero-order chi connectivity index (χ0) is 18.3. The number of methoxy groups -OCH3 is 2. The topological polar surface area (TPSA) is 73.9 Å². The smallest absolute Gasteiger partial charge is 0.341 e. The van der Waals surface area contributed by atoms with Gasteiger partial charge in [-0.2, -0.15) is 0 Å². The number of carbonyl (C=O) groups excluding carboxylic acids is 2. The molecule has 0 bridgehead atoms. The minimum absolute atomic E-state index is 0.178. The molecular formula is C19H27NO5. The third-order valence-corrected chi connectivity index (χ3v) is 4.61. The molecule has 1 fully saturated rings. The van der Waals surface area contributed by atoms with Gasteiger partial charge >= 0.3 is 5.97 Å². The van der Waals surface area contributed by atoms with Gasteiger partial charge in [-0.25, -0.2) is 4.79 Å². The molecule has 0 aromatic heterocycles. The zero-order valence-electron chi connectivity index (χ0n) is 15.2. The lowest BCUT2D eigenvalue weighted by atomic mass is 10.0. The molecule has 0 atom stereocenters. The molecule has 1 saturated carbocycles. The number of carbonyl (C=O) groups is 2. The van der Waals surface area contributed by atoms with Crippen LogP contribution in [0.1, 0.15) is 55.8 Å². The van der Waals surface area contributed by atoms with E-state index in [1.165, 1.54) is 7.11 Å². The molecule has 0 saturated heterocycles. The number of anilines is 1. The van der Waals surface area contributed by atoms with Crippen molar-refractivity contribution in [1.82, 2.24) is 0 Å². The predicted molar refractivity (Wildman–Crippen MR) is 95.0 cm³/mol. The van der Waals surface area contributed by atoms with Crippen LogP contribution in [0.3, 0.4) is 0 Å². The maximum absolute atomic E-state index is 12.6. The van der Waals surface area contributed by atoms with Gasteiger partial charge in [0.1, 0.15) is 16.9 Å². The van der Waals surface area contributed by atoms with Crippen molar-refractivity contribution >= 4 is 17.6 Å². The number of nitrogens with one attached hydrogen (secondary N) is 1. The highest BCUT2D eigenvalue weighted by Crippen LogP contribution is 2.34. The Labute approximate surface area is 148 Å². The lowest BCUT2D eigenvalue weighted by Crippen LogP contribution is -2.42. The molecule has 1 N–H and O–H groups in total. The van der Waals surface area contributed by atoms with Crippen LogP contribution in [-0.2, 0) is 14.3 Å². The van der Waals surface area contributed by atoms with Gasteiger partial charge < -0.3 is 19.5 Å². The first-order chi connectivity index (χ1) is 12.1. The fraction of sp³-hybridized carbons (Fsp3) is 0.579. The largest absolute Gasteiger partial charge is 0.493 e. The molecule has 1 aromatic carbocycles. The second kappa shape index (κ2) is 8.85. The van der Waals surface area contributed by atoms with Crippen LogP contribution in [0.4, 0.5) is 5.69 Å². The standard InChI is InChI=1S/C19H27NO5/c1-4-5-12-25-16-9-8-14(13-15(16)17(21)23-2)20-18(22)19(24-3)10-6-7-11-19/h8-9,13H,4-7,10-12H2,1-3H3,(H,20,22). The molecule has 1 amide bonds. The quantitative estimate of drug-likeness (QED) is 0.574. The van der Waals surface area contributed by atoms with E-state index in [9.17, 15) is 9.59 Å². The van der Waals surface area contributed by atoms with Gasteiger partial charge in [-0.3, -0.25) is 4.79 Å². The Morgan fingerprint density at radius 1 is 1.20 bits per heavy atom. The predicted octanol–water partition coefficient (Wildman–Crippen LogP) is 3.55. The Hall–Kier alpha value is -2.08. The molecule has 2 rings (SSSR count). The Kier molecular flexibility index (Phi) is 6.82. The van der Waals surface area contributed by atoms with Crippen molar-refractivity contribution in [2.45, 2.75) is 51.0 Å². The van der Waals surface area contributed by atoms with Crippen LogP contribution >= 0.6 is 0 Å². The lowest BCUT2D eigenvalue weighted by Gasteiger charge is -2.26. The molecule has 0 heterocycles. The minimum Gasteiger partial charge on any atom is -0.493 e. The number of unbranched alkanes of at least 4 members (excludes halogenated alkanes) is 1. The average Bonchev–Trinajstić information content (AvgIpc) is 3.12. The van der Waals surface area contributed by atoms with Gasteiger partial charge in [0.15, 0.2) is 0 Å². The Balaban J connectivity index is 2.18. The van der Waals surface area contributed by atoms with Gasteiger partial charge in [0.25, 0.3) is 5.91 Å². The molecule has 25 heavy (non-hydrogen) atoms. The van der Waals surface area contributed by atoms with E-state index in [0.717, 1.165) is 25.7 Å². The van der Waals surface area contributed by atoms with Gasteiger partial charge in [-0.05, 0) is 50.3 Å².